The van der Waals surface area contributed by atoms with E-state index in [1.165, 1.54) is 29.0 Å². The van der Waals surface area contributed by atoms with Crippen molar-refractivity contribution in [3.8, 4) is 0 Å². The summed E-state index contributed by atoms with van der Waals surface area (Å²) < 4.78 is 52.0. The van der Waals surface area contributed by atoms with E-state index in [2.05, 4.69) is 10.6 Å². The Bertz CT molecular complexity index is 1370. The van der Waals surface area contributed by atoms with E-state index in [0.717, 1.165) is 6.07 Å². The zero-order valence-corrected chi connectivity index (χ0v) is 16.8. The maximum Gasteiger partial charge on any atom is 0.419 e. The van der Waals surface area contributed by atoms with Gasteiger partial charge < -0.3 is 19.5 Å². The van der Waals surface area contributed by atoms with Gasteiger partial charge in [-0.2, -0.15) is 13.2 Å². The lowest BCUT2D eigenvalue weighted by Crippen LogP contribution is -2.21. The molecule has 2 aromatic heterocycles. The van der Waals surface area contributed by atoms with Gasteiger partial charge in [-0.1, -0.05) is 12.1 Å². The van der Waals surface area contributed by atoms with Crippen LogP contribution in [0.1, 0.15) is 22.5 Å². The average molecular weight is 459 g/mol. The number of benzene rings is 2. The van der Waals surface area contributed by atoms with E-state index in [9.17, 15) is 27.6 Å². The van der Waals surface area contributed by atoms with Gasteiger partial charge in [0.1, 0.15) is 0 Å². The Hall–Kier alpha value is -4.28. The molecule has 0 saturated carbocycles. The first-order chi connectivity index (χ1) is 15.7. The fraction of sp³-hybridized carbons (Fsp3) is 0.136. The number of anilines is 2. The summed E-state index contributed by atoms with van der Waals surface area (Å²) >= 11 is 0. The third kappa shape index (κ3) is 4.81. The molecule has 0 aliphatic carbocycles. The van der Waals surface area contributed by atoms with Crippen LogP contribution in [0.4, 0.5) is 24.5 Å². The van der Waals surface area contributed by atoms with E-state index in [0.29, 0.717) is 17.2 Å². The van der Waals surface area contributed by atoms with Crippen LogP contribution in [0.2, 0.25) is 0 Å². The number of oxazole rings is 1. The number of aromatic nitrogens is 1. The van der Waals surface area contributed by atoms with Crippen LogP contribution in [0.25, 0.3) is 11.1 Å². The summed E-state index contributed by atoms with van der Waals surface area (Å²) in [4.78, 5) is 36.4. The molecule has 0 spiro atoms. The monoisotopic (exact) mass is 459 g/mol. The van der Waals surface area contributed by atoms with E-state index in [-0.39, 0.29) is 24.4 Å². The molecular formula is C22H16F3N3O5. The number of nitrogens with one attached hydrogen (secondary N) is 2. The van der Waals surface area contributed by atoms with Gasteiger partial charge >= 0.3 is 11.9 Å². The number of aryl methyl sites for hydroxylation is 1. The van der Waals surface area contributed by atoms with Gasteiger partial charge in [0.15, 0.2) is 11.3 Å². The number of rotatable bonds is 6. The second-order valence-corrected chi connectivity index (χ2v) is 6.98. The highest BCUT2D eigenvalue weighted by Gasteiger charge is 2.34. The Kier molecular flexibility index (Phi) is 5.78. The number of carbonyl (C=O) groups excluding carboxylic acids is 2. The van der Waals surface area contributed by atoms with Crippen LogP contribution in [0.15, 0.2) is 74.5 Å². The summed E-state index contributed by atoms with van der Waals surface area (Å²) in [6.45, 7) is -0.0830. The number of nitrogens with zero attached hydrogens (tertiary/aromatic N) is 1. The summed E-state index contributed by atoms with van der Waals surface area (Å²) in [6.07, 6.45) is -3.81. The minimum absolute atomic E-state index is 0.0667. The molecule has 11 heteroatoms. The van der Waals surface area contributed by atoms with Crippen LogP contribution in [0.5, 0.6) is 0 Å². The number of hydrogen-bond acceptors (Lipinski definition) is 5. The Morgan fingerprint density at radius 1 is 1.00 bits per heavy atom. The van der Waals surface area contributed by atoms with Gasteiger partial charge in [-0.25, -0.2) is 4.79 Å². The highest BCUT2D eigenvalue weighted by Crippen LogP contribution is 2.36. The summed E-state index contributed by atoms with van der Waals surface area (Å²) in [7, 11) is 0. The number of para-hydroxylation sites is 2. The van der Waals surface area contributed by atoms with Gasteiger partial charge in [0.25, 0.3) is 5.91 Å². The number of amides is 2. The van der Waals surface area contributed by atoms with E-state index in [4.69, 9.17) is 8.83 Å². The largest absolute Gasteiger partial charge is 0.459 e. The van der Waals surface area contributed by atoms with Gasteiger partial charge in [-0.05, 0) is 42.5 Å². The first-order valence-corrected chi connectivity index (χ1v) is 9.67. The van der Waals surface area contributed by atoms with Crippen molar-refractivity contribution >= 4 is 34.3 Å². The minimum Gasteiger partial charge on any atom is -0.459 e. The lowest BCUT2D eigenvalue weighted by molar-refractivity contribution is -0.136. The van der Waals surface area contributed by atoms with Crippen LogP contribution < -0.4 is 16.4 Å². The van der Waals surface area contributed by atoms with Gasteiger partial charge in [0.05, 0.1) is 23.0 Å². The topological polar surface area (TPSA) is 106 Å². The van der Waals surface area contributed by atoms with Crippen molar-refractivity contribution < 1.29 is 31.6 Å². The number of alkyl halides is 3. The number of carbonyl (C=O) groups is 2. The first-order valence-electron chi connectivity index (χ1n) is 9.67. The van der Waals surface area contributed by atoms with Gasteiger partial charge in [-0.15, -0.1) is 0 Å². The van der Waals surface area contributed by atoms with Crippen LogP contribution in [0.3, 0.4) is 0 Å². The van der Waals surface area contributed by atoms with E-state index in [1.807, 2.05) is 0 Å². The zero-order chi connectivity index (χ0) is 23.6. The normalized spacial score (nSPS) is 11.5. The van der Waals surface area contributed by atoms with Gasteiger partial charge in [-0.3, -0.25) is 14.2 Å². The summed E-state index contributed by atoms with van der Waals surface area (Å²) in [5.41, 5.74) is -0.928. The predicted octanol–water partition coefficient (Wildman–Crippen LogP) is 4.49. The summed E-state index contributed by atoms with van der Waals surface area (Å²) in [5.74, 6) is -2.19. The fourth-order valence-electron chi connectivity index (χ4n) is 3.22. The summed E-state index contributed by atoms with van der Waals surface area (Å²) in [6, 6.07) is 12.4. The summed E-state index contributed by atoms with van der Waals surface area (Å²) in [5, 5.41) is 4.53. The van der Waals surface area contributed by atoms with Crippen molar-refractivity contribution in [3.63, 3.8) is 0 Å². The molecule has 2 aromatic carbocycles. The molecule has 0 aliphatic rings. The second kappa shape index (κ2) is 8.69. The molecule has 0 aliphatic heterocycles. The van der Waals surface area contributed by atoms with E-state index in [1.54, 1.807) is 24.3 Å². The van der Waals surface area contributed by atoms with Crippen molar-refractivity contribution in [3.05, 3.63) is 82.7 Å². The lowest BCUT2D eigenvalue weighted by atomic mass is 10.1. The zero-order valence-electron chi connectivity index (χ0n) is 16.8. The van der Waals surface area contributed by atoms with Gasteiger partial charge in [0, 0.05) is 18.7 Å². The molecule has 0 saturated heterocycles. The van der Waals surface area contributed by atoms with Gasteiger partial charge in [0.2, 0.25) is 5.91 Å². The number of hydrogen-bond donors (Lipinski definition) is 2. The van der Waals surface area contributed by atoms with Crippen LogP contribution >= 0.6 is 0 Å². The molecule has 4 aromatic rings. The lowest BCUT2D eigenvalue weighted by Gasteiger charge is -2.15. The molecular weight excluding hydrogens is 443 g/mol. The first kappa shape index (κ1) is 21.9. The maximum atomic E-state index is 13.6. The Balaban J connectivity index is 1.49. The van der Waals surface area contributed by atoms with Crippen LogP contribution in [-0.2, 0) is 17.5 Å². The van der Waals surface area contributed by atoms with Crippen molar-refractivity contribution in [1.29, 1.82) is 0 Å². The minimum atomic E-state index is -4.80. The highest BCUT2D eigenvalue weighted by atomic mass is 19.4. The molecule has 2 heterocycles. The quantitative estimate of drug-likeness (QED) is 0.442. The molecule has 0 atom stereocenters. The fourth-order valence-corrected chi connectivity index (χ4v) is 3.22. The number of halogens is 3. The number of fused-ring (bicyclic) bond motifs is 1. The molecule has 2 amide bonds. The third-order valence-corrected chi connectivity index (χ3v) is 4.74. The maximum absolute atomic E-state index is 13.6. The van der Waals surface area contributed by atoms with Crippen LogP contribution in [0, 0.1) is 0 Å². The molecule has 0 bridgehead atoms. The van der Waals surface area contributed by atoms with Crippen LogP contribution in [-0.4, -0.2) is 16.4 Å². The third-order valence-electron chi connectivity index (χ3n) is 4.74. The molecule has 8 nitrogen and oxygen atoms in total. The van der Waals surface area contributed by atoms with Crippen molar-refractivity contribution in [2.45, 2.75) is 19.1 Å². The molecule has 33 heavy (non-hydrogen) atoms. The molecule has 0 fully saturated rings. The molecule has 0 radical (unpaired) electrons. The highest BCUT2D eigenvalue weighted by molar-refractivity contribution is 6.02. The van der Waals surface area contributed by atoms with E-state index >= 15 is 0 Å². The number of furan rings is 1. The van der Waals surface area contributed by atoms with Crippen molar-refractivity contribution in [1.82, 2.24) is 4.57 Å². The second-order valence-electron chi connectivity index (χ2n) is 6.98. The molecule has 2 N–H and O–H groups in total. The standard InChI is InChI=1S/C22H16F3N3O5/c23-22(24,25)14-12-13(26-20(30)18-6-3-11-32-18)7-8-15(14)27-19(29)9-10-28-16-4-1-2-5-17(16)33-21(28)31/h1-8,11-12H,9-10H2,(H,26,30)(H,27,29). The molecule has 170 valence electrons. The SMILES string of the molecule is O=C(CCn1c(=O)oc2ccccc21)Nc1ccc(NC(=O)c2ccco2)cc1C(F)(F)F. The van der Waals surface area contributed by atoms with E-state index < -0.39 is 35.0 Å². The van der Waals surface area contributed by atoms with Crippen molar-refractivity contribution in [2.24, 2.45) is 0 Å². The molecule has 0 unspecified atom stereocenters. The molecule has 4 rings (SSSR count). The predicted molar refractivity (Wildman–Crippen MR) is 112 cm³/mol. The van der Waals surface area contributed by atoms with Crippen molar-refractivity contribution in [2.75, 3.05) is 10.6 Å². The Labute approximate surface area is 183 Å². The Morgan fingerprint density at radius 3 is 2.52 bits per heavy atom. The smallest absolute Gasteiger partial charge is 0.419 e. The average Bonchev–Trinajstić information content (AvgIpc) is 3.40. The Morgan fingerprint density at radius 2 is 1.79 bits per heavy atom.